The third-order valence-electron chi connectivity index (χ3n) is 2.02. The van der Waals surface area contributed by atoms with E-state index in [1.165, 1.54) is 11.3 Å². The van der Waals surface area contributed by atoms with E-state index in [1.54, 1.807) is 13.1 Å². The SMILES string of the molecule is CC(O)CCN(C)CC(=O)Nc1nccs1. The van der Waals surface area contributed by atoms with Crippen LogP contribution < -0.4 is 5.32 Å². The monoisotopic (exact) mass is 243 g/mol. The first-order chi connectivity index (χ1) is 7.58. The maximum atomic E-state index is 11.5. The average molecular weight is 243 g/mol. The lowest BCUT2D eigenvalue weighted by atomic mass is 10.3. The summed E-state index contributed by atoms with van der Waals surface area (Å²) in [5, 5.41) is 14.2. The van der Waals surface area contributed by atoms with Crippen molar-refractivity contribution >= 4 is 22.4 Å². The topological polar surface area (TPSA) is 65.5 Å². The maximum absolute atomic E-state index is 11.5. The minimum absolute atomic E-state index is 0.0805. The highest BCUT2D eigenvalue weighted by Crippen LogP contribution is 2.09. The Balaban J connectivity index is 2.23. The zero-order chi connectivity index (χ0) is 12.0. The van der Waals surface area contributed by atoms with E-state index in [1.807, 2.05) is 17.3 Å². The second-order valence-electron chi connectivity index (χ2n) is 3.76. The molecule has 0 saturated heterocycles. The molecule has 0 spiro atoms. The number of amides is 1. The van der Waals surface area contributed by atoms with Crippen LogP contribution >= 0.6 is 11.3 Å². The number of carbonyl (C=O) groups is 1. The Hall–Kier alpha value is -0.980. The second kappa shape index (κ2) is 6.57. The molecular formula is C10H17N3O2S. The van der Waals surface area contributed by atoms with Gasteiger partial charge in [-0.25, -0.2) is 4.98 Å². The van der Waals surface area contributed by atoms with Crippen LogP contribution in [0.3, 0.4) is 0 Å². The summed E-state index contributed by atoms with van der Waals surface area (Å²) in [7, 11) is 1.85. The summed E-state index contributed by atoms with van der Waals surface area (Å²) in [5.74, 6) is -0.0805. The third kappa shape index (κ3) is 5.20. The zero-order valence-electron chi connectivity index (χ0n) is 9.51. The zero-order valence-corrected chi connectivity index (χ0v) is 10.3. The minimum Gasteiger partial charge on any atom is -0.393 e. The molecule has 0 fully saturated rings. The van der Waals surface area contributed by atoms with Gasteiger partial charge in [0.25, 0.3) is 0 Å². The van der Waals surface area contributed by atoms with Crippen molar-refractivity contribution in [2.45, 2.75) is 19.4 Å². The van der Waals surface area contributed by atoms with Crippen molar-refractivity contribution in [3.63, 3.8) is 0 Å². The van der Waals surface area contributed by atoms with Crippen LogP contribution in [0, 0.1) is 0 Å². The van der Waals surface area contributed by atoms with Gasteiger partial charge in [0.05, 0.1) is 12.6 Å². The number of thiazole rings is 1. The summed E-state index contributed by atoms with van der Waals surface area (Å²) in [5.41, 5.74) is 0. The van der Waals surface area contributed by atoms with Gasteiger partial charge in [-0.2, -0.15) is 0 Å². The van der Waals surface area contributed by atoms with Crippen molar-refractivity contribution < 1.29 is 9.90 Å². The summed E-state index contributed by atoms with van der Waals surface area (Å²) < 4.78 is 0. The van der Waals surface area contributed by atoms with E-state index in [-0.39, 0.29) is 12.0 Å². The first-order valence-corrected chi connectivity index (χ1v) is 6.02. The summed E-state index contributed by atoms with van der Waals surface area (Å²) in [6.45, 7) is 2.75. The van der Waals surface area contributed by atoms with E-state index in [2.05, 4.69) is 10.3 Å². The molecule has 0 aromatic carbocycles. The number of aliphatic hydroxyl groups excluding tert-OH is 1. The van der Waals surface area contributed by atoms with Gasteiger partial charge in [-0.05, 0) is 20.4 Å². The van der Waals surface area contributed by atoms with Gasteiger partial charge < -0.3 is 10.4 Å². The quantitative estimate of drug-likeness (QED) is 0.775. The average Bonchev–Trinajstić information content (AvgIpc) is 2.67. The number of aliphatic hydroxyl groups is 1. The molecule has 0 aliphatic heterocycles. The fraction of sp³-hybridized carbons (Fsp3) is 0.600. The lowest BCUT2D eigenvalue weighted by molar-refractivity contribution is -0.117. The normalized spacial score (nSPS) is 12.8. The van der Waals surface area contributed by atoms with Crippen LogP contribution in [0.25, 0.3) is 0 Å². The largest absolute Gasteiger partial charge is 0.393 e. The molecule has 0 bridgehead atoms. The molecule has 0 aliphatic carbocycles. The summed E-state index contributed by atoms with van der Waals surface area (Å²) in [6.07, 6.45) is 1.99. The van der Waals surface area contributed by atoms with E-state index in [4.69, 9.17) is 5.11 Å². The van der Waals surface area contributed by atoms with Gasteiger partial charge in [-0.3, -0.25) is 9.69 Å². The van der Waals surface area contributed by atoms with Gasteiger partial charge in [-0.1, -0.05) is 0 Å². The fourth-order valence-electron chi connectivity index (χ4n) is 1.18. The van der Waals surface area contributed by atoms with E-state index < -0.39 is 0 Å². The van der Waals surface area contributed by atoms with E-state index >= 15 is 0 Å². The van der Waals surface area contributed by atoms with Gasteiger partial charge >= 0.3 is 0 Å². The van der Waals surface area contributed by atoms with Crippen LogP contribution in [0.5, 0.6) is 0 Å². The molecule has 5 nitrogen and oxygen atoms in total. The minimum atomic E-state index is -0.329. The van der Waals surface area contributed by atoms with Crippen LogP contribution in [-0.2, 0) is 4.79 Å². The highest BCUT2D eigenvalue weighted by molar-refractivity contribution is 7.13. The van der Waals surface area contributed by atoms with Crippen LogP contribution in [0.4, 0.5) is 5.13 Å². The number of anilines is 1. The van der Waals surface area contributed by atoms with Gasteiger partial charge in [0.1, 0.15) is 0 Å². The van der Waals surface area contributed by atoms with Crippen molar-refractivity contribution in [1.82, 2.24) is 9.88 Å². The molecule has 1 aromatic rings. The fourth-order valence-corrected chi connectivity index (χ4v) is 1.72. The molecule has 1 unspecified atom stereocenters. The van der Waals surface area contributed by atoms with Crippen LogP contribution in [0.1, 0.15) is 13.3 Å². The number of carbonyl (C=O) groups excluding carboxylic acids is 1. The lowest BCUT2D eigenvalue weighted by Gasteiger charge is -2.16. The molecule has 0 saturated carbocycles. The lowest BCUT2D eigenvalue weighted by Crippen LogP contribution is -2.31. The second-order valence-corrected chi connectivity index (χ2v) is 4.66. The van der Waals surface area contributed by atoms with E-state index in [9.17, 15) is 4.79 Å². The first-order valence-electron chi connectivity index (χ1n) is 5.14. The number of aromatic nitrogens is 1. The number of nitrogens with zero attached hydrogens (tertiary/aromatic N) is 2. The molecule has 0 aliphatic rings. The molecule has 0 radical (unpaired) electrons. The molecule has 1 amide bonds. The van der Waals surface area contributed by atoms with Crippen molar-refractivity contribution in [3.8, 4) is 0 Å². The molecule has 2 N–H and O–H groups in total. The Morgan fingerprint density at radius 1 is 1.75 bits per heavy atom. The number of hydrogen-bond acceptors (Lipinski definition) is 5. The molecule has 1 aromatic heterocycles. The summed E-state index contributed by atoms with van der Waals surface area (Å²) in [6, 6.07) is 0. The van der Waals surface area contributed by atoms with Crippen LogP contribution in [0.15, 0.2) is 11.6 Å². The van der Waals surface area contributed by atoms with Crippen LogP contribution in [0.2, 0.25) is 0 Å². The highest BCUT2D eigenvalue weighted by atomic mass is 32.1. The van der Waals surface area contributed by atoms with Crippen molar-refractivity contribution in [1.29, 1.82) is 0 Å². The Bertz CT molecular complexity index is 314. The summed E-state index contributed by atoms with van der Waals surface area (Å²) in [4.78, 5) is 17.4. The number of hydrogen-bond donors (Lipinski definition) is 2. The molecule has 6 heteroatoms. The van der Waals surface area contributed by atoms with Crippen LogP contribution in [-0.4, -0.2) is 47.1 Å². The van der Waals surface area contributed by atoms with Gasteiger partial charge in [-0.15, -0.1) is 11.3 Å². The number of nitrogens with one attached hydrogen (secondary N) is 1. The third-order valence-corrected chi connectivity index (χ3v) is 2.71. The Morgan fingerprint density at radius 3 is 3.06 bits per heavy atom. The Labute approximate surface area is 99.1 Å². The van der Waals surface area contributed by atoms with Gasteiger partial charge in [0, 0.05) is 18.1 Å². The maximum Gasteiger partial charge on any atom is 0.240 e. The van der Waals surface area contributed by atoms with Gasteiger partial charge in [0.15, 0.2) is 5.13 Å². The predicted molar refractivity (Wildman–Crippen MR) is 64.5 cm³/mol. The summed E-state index contributed by atoms with van der Waals surface area (Å²) >= 11 is 1.40. The molecule has 16 heavy (non-hydrogen) atoms. The standard InChI is InChI=1S/C10H17N3O2S/c1-8(14)3-5-13(2)7-9(15)12-10-11-4-6-16-10/h4,6,8,14H,3,5,7H2,1-2H3,(H,11,12,15). The highest BCUT2D eigenvalue weighted by Gasteiger charge is 2.08. The van der Waals surface area contributed by atoms with Crippen molar-refractivity contribution in [2.24, 2.45) is 0 Å². The molecule has 1 heterocycles. The smallest absolute Gasteiger partial charge is 0.240 e. The molecule has 90 valence electrons. The number of rotatable bonds is 6. The molecule has 1 atom stereocenters. The first kappa shape index (κ1) is 13.1. The Kier molecular flexibility index (Phi) is 5.37. The van der Waals surface area contributed by atoms with E-state index in [0.717, 1.165) is 0 Å². The van der Waals surface area contributed by atoms with Crippen molar-refractivity contribution in [3.05, 3.63) is 11.6 Å². The molecular weight excluding hydrogens is 226 g/mol. The predicted octanol–water partition coefficient (Wildman–Crippen LogP) is 0.784. The number of likely N-dealkylation sites (N-methyl/N-ethyl adjacent to an activating group) is 1. The van der Waals surface area contributed by atoms with Gasteiger partial charge in [0.2, 0.25) is 5.91 Å². The van der Waals surface area contributed by atoms with Crippen molar-refractivity contribution in [2.75, 3.05) is 25.5 Å². The van der Waals surface area contributed by atoms with E-state index in [0.29, 0.717) is 24.6 Å². The Morgan fingerprint density at radius 2 is 2.50 bits per heavy atom. The molecule has 1 rings (SSSR count).